The smallest absolute Gasteiger partial charge is 0.130 e. The molecule has 0 unspecified atom stereocenters. The molecule has 1 nitrogen and oxygen atoms in total. The summed E-state index contributed by atoms with van der Waals surface area (Å²) in [5, 5.41) is 2.98. The van der Waals surface area contributed by atoms with Crippen molar-refractivity contribution in [3.8, 4) is 0 Å². The van der Waals surface area contributed by atoms with Gasteiger partial charge in [0.15, 0.2) is 0 Å². The molecule has 13 heavy (non-hydrogen) atoms. The van der Waals surface area contributed by atoms with Gasteiger partial charge in [-0.15, -0.1) is 0 Å². The first-order valence-electron chi connectivity index (χ1n) is 4.03. The summed E-state index contributed by atoms with van der Waals surface area (Å²) in [6, 6.07) is 2.60. The Morgan fingerprint density at radius 2 is 1.77 bits per heavy atom. The molecule has 0 atom stereocenters. The molecule has 0 amide bonds. The quantitative estimate of drug-likeness (QED) is 0.804. The molecule has 70 valence electrons. The molecule has 0 spiro atoms. The molecular weight excluding hydrogens is 240 g/mol. The SMILES string of the molecule is Fc1cc(Br)cc(F)c1C1CNC1. The van der Waals surface area contributed by atoms with Crippen molar-refractivity contribution in [3.63, 3.8) is 0 Å². The second-order valence-electron chi connectivity index (χ2n) is 3.14. The number of hydrogen-bond acceptors (Lipinski definition) is 1. The fraction of sp³-hybridized carbons (Fsp3) is 0.333. The van der Waals surface area contributed by atoms with Gasteiger partial charge in [-0.25, -0.2) is 8.78 Å². The van der Waals surface area contributed by atoms with Gasteiger partial charge < -0.3 is 5.32 Å². The van der Waals surface area contributed by atoms with Crippen LogP contribution in [0.25, 0.3) is 0 Å². The lowest BCUT2D eigenvalue weighted by atomic mass is 9.93. The molecule has 1 aliphatic heterocycles. The predicted octanol–water partition coefficient (Wildman–Crippen LogP) is 2.41. The van der Waals surface area contributed by atoms with E-state index < -0.39 is 11.6 Å². The van der Waals surface area contributed by atoms with E-state index in [9.17, 15) is 8.78 Å². The Kier molecular flexibility index (Phi) is 2.34. The van der Waals surface area contributed by atoms with Crippen LogP contribution in [0.3, 0.4) is 0 Å². The molecule has 0 aromatic heterocycles. The van der Waals surface area contributed by atoms with E-state index in [1.54, 1.807) is 0 Å². The number of hydrogen-bond donors (Lipinski definition) is 1. The lowest BCUT2D eigenvalue weighted by molar-refractivity contribution is 0.411. The molecule has 1 heterocycles. The van der Waals surface area contributed by atoms with Crippen molar-refractivity contribution in [2.75, 3.05) is 13.1 Å². The van der Waals surface area contributed by atoms with Crippen molar-refractivity contribution < 1.29 is 8.78 Å². The monoisotopic (exact) mass is 247 g/mol. The molecular formula is C9H8BrF2N. The van der Waals surface area contributed by atoms with Crippen molar-refractivity contribution >= 4 is 15.9 Å². The van der Waals surface area contributed by atoms with E-state index in [4.69, 9.17) is 0 Å². The zero-order valence-electron chi connectivity index (χ0n) is 6.78. The topological polar surface area (TPSA) is 12.0 Å². The van der Waals surface area contributed by atoms with Gasteiger partial charge in [-0.3, -0.25) is 0 Å². The lowest BCUT2D eigenvalue weighted by Gasteiger charge is -2.28. The number of nitrogens with one attached hydrogen (secondary N) is 1. The van der Waals surface area contributed by atoms with Gasteiger partial charge in [0.2, 0.25) is 0 Å². The van der Waals surface area contributed by atoms with Crippen LogP contribution in [-0.2, 0) is 0 Å². The Bertz CT molecular complexity index is 313. The second kappa shape index (κ2) is 3.35. The van der Waals surface area contributed by atoms with Crippen LogP contribution in [-0.4, -0.2) is 13.1 Å². The number of benzene rings is 1. The molecule has 0 radical (unpaired) electrons. The van der Waals surface area contributed by atoms with Gasteiger partial charge in [0.1, 0.15) is 11.6 Å². The minimum atomic E-state index is -0.460. The number of rotatable bonds is 1. The Morgan fingerprint density at radius 1 is 1.23 bits per heavy atom. The molecule has 0 aliphatic carbocycles. The van der Waals surface area contributed by atoms with Gasteiger partial charge in [-0.05, 0) is 12.1 Å². The Balaban J connectivity index is 2.43. The van der Waals surface area contributed by atoms with Crippen molar-refractivity contribution in [1.82, 2.24) is 5.32 Å². The van der Waals surface area contributed by atoms with E-state index in [-0.39, 0.29) is 11.5 Å². The molecule has 1 N–H and O–H groups in total. The van der Waals surface area contributed by atoms with E-state index >= 15 is 0 Å². The first kappa shape index (κ1) is 9.09. The minimum Gasteiger partial charge on any atom is -0.315 e. The molecule has 0 saturated carbocycles. The fourth-order valence-corrected chi connectivity index (χ4v) is 1.84. The normalized spacial score (nSPS) is 17.2. The summed E-state index contributed by atoms with van der Waals surface area (Å²) in [6.07, 6.45) is 0. The highest BCUT2D eigenvalue weighted by Crippen LogP contribution is 2.28. The van der Waals surface area contributed by atoms with E-state index in [0.717, 1.165) is 0 Å². The maximum atomic E-state index is 13.3. The first-order valence-corrected chi connectivity index (χ1v) is 4.83. The third-order valence-electron chi connectivity index (χ3n) is 2.23. The van der Waals surface area contributed by atoms with E-state index in [2.05, 4.69) is 21.2 Å². The third-order valence-corrected chi connectivity index (χ3v) is 2.69. The third kappa shape index (κ3) is 1.60. The zero-order valence-corrected chi connectivity index (χ0v) is 8.37. The maximum absolute atomic E-state index is 13.3. The Hall–Kier alpha value is -0.480. The molecule has 1 aromatic carbocycles. The highest BCUT2D eigenvalue weighted by atomic mass is 79.9. The van der Waals surface area contributed by atoms with Crippen molar-refractivity contribution in [2.24, 2.45) is 0 Å². The molecule has 0 bridgehead atoms. The average Bonchev–Trinajstić information content (AvgIpc) is 1.92. The summed E-state index contributed by atoms with van der Waals surface area (Å²) >= 11 is 3.04. The van der Waals surface area contributed by atoms with Gasteiger partial charge in [-0.1, -0.05) is 15.9 Å². The minimum absolute atomic E-state index is 0.00639. The van der Waals surface area contributed by atoms with Crippen LogP contribution in [0.4, 0.5) is 8.78 Å². The van der Waals surface area contributed by atoms with Crippen molar-refractivity contribution in [2.45, 2.75) is 5.92 Å². The van der Waals surface area contributed by atoms with Crippen LogP contribution in [0.5, 0.6) is 0 Å². The van der Waals surface area contributed by atoms with E-state index in [0.29, 0.717) is 17.6 Å². The maximum Gasteiger partial charge on any atom is 0.130 e. The summed E-state index contributed by atoms with van der Waals surface area (Å²) in [5.41, 5.74) is 0.210. The van der Waals surface area contributed by atoms with Crippen LogP contribution < -0.4 is 5.32 Å². The summed E-state index contributed by atoms with van der Waals surface area (Å²) in [4.78, 5) is 0. The van der Waals surface area contributed by atoms with Crippen LogP contribution in [0.15, 0.2) is 16.6 Å². The largest absolute Gasteiger partial charge is 0.315 e. The predicted molar refractivity (Wildman–Crippen MR) is 49.7 cm³/mol. The lowest BCUT2D eigenvalue weighted by Crippen LogP contribution is -2.40. The molecule has 4 heteroatoms. The van der Waals surface area contributed by atoms with E-state index in [1.807, 2.05) is 0 Å². The summed E-state index contributed by atoms with van der Waals surface area (Å²) in [7, 11) is 0. The van der Waals surface area contributed by atoms with Crippen molar-refractivity contribution in [3.05, 3.63) is 33.8 Å². The fourth-order valence-electron chi connectivity index (χ4n) is 1.44. The van der Waals surface area contributed by atoms with Crippen LogP contribution in [0.1, 0.15) is 11.5 Å². The summed E-state index contributed by atoms with van der Waals surface area (Å²) < 4.78 is 27.0. The highest BCUT2D eigenvalue weighted by molar-refractivity contribution is 9.10. The molecule has 1 saturated heterocycles. The standard InChI is InChI=1S/C9H8BrF2N/c10-6-1-7(11)9(8(12)2-6)5-3-13-4-5/h1-2,5,13H,3-4H2. The molecule has 1 fully saturated rings. The second-order valence-corrected chi connectivity index (χ2v) is 4.05. The number of halogens is 3. The molecule has 1 aliphatic rings. The Morgan fingerprint density at radius 3 is 2.15 bits per heavy atom. The zero-order chi connectivity index (χ0) is 9.42. The van der Waals surface area contributed by atoms with Crippen molar-refractivity contribution in [1.29, 1.82) is 0 Å². The Labute approximate surface area is 83.3 Å². The molecule has 2 rings (SSSR count). The van der Waals surface area contributed by atoms with Gasteiger partial charge in [0, 0.05) is 29.0 Å². The van der Waals surface area contributed by atoms with E-state index in [1.165, 1.54) is 12.1 Å². The van der Waals surface area contributed by atoms with Gasteiger partial charge >= 0.3 is 0 Å². The van der Waals surface area contributed by atoms with Crippen LogP contribution >= 0.6 is 15.9 Å². The highest BCUT2D eigenvalue weighted by Gasteiger charge is 2.25. The summed E-state index contributed by atoms with van der Waals surface area (Å²) in [6.45, 7) is 1.32. The molecule has 1 aromatic rings. The summed E-state index contributed by atoms with van der Waals surface area (Å²) in [5.74, 6) is -0.926. The van der Waals surface area contributed by atoms with Crippen LogP contribution in [0, 0.1) is 11.6 Å². The van der Waals surface area contributed by atoms with Gasteiger partial charge in [0.25, 0.3) is 0 Å². The first-order chi connectivity index (χ1) is 6.18. The van der Waals surface area contributed by atoms with Gasteiger partial charge in [0.05, 0.1) is 0 Å². The average molecular weight is 248 g/mol. The van der Waals surface area contributed by atoms with Crippen LogP contribution in [0.2, 0.25) is 0 Å². The van der Waals surface area contributed by atoms with Gasteiger partial charge in [-0.2, -0.15) is 0 Å².